The largest absolute Gasteiger partial charge is 0.493 e. The van der Waals surface area contributed by atoms with E-state index in [1.807, 2.05) is 73.7 Å². The van der Waals surface area contributed by atoms with E-state index in [-0.39, 0.29) is 5.89 Å². The van der Waals surface area contributed by atoms with Gasteiger partial charge in [-0.2, -0.15) is 0 Å². The maximum absolute atomic E-state index is 5.92. The average Bonchev–Trinajstić information content (AvgIpc) is 3.39. The Morgan fingerprint density at radius 1 is 0.829 bits per heavy atom. The second kappa shape index (κ2) is 9.80. The highest BCUT2D eigenvalue weighted by Gasteiger charge is 2.16. The highest BCUT2D eigenvalue weighted by Crippen LogP contribution is 2.29. The van der Waals surface area contributed by atoms with Crippen molar-refractivity contribution in [1.29, 1.82) is 0 Å². The summed E-state index contributed by atoms with van der Waals surface area (Å²) in [5.74, 6) is 3.21. The normalized spacial score (nSPS) is 10.9. The van der Waals surface area contributed by atoms with Crippen molar-refractivity contribution >= 4 is 16.7 Å². The van der Waals surface area contributed by atoms with Crippen molar-refractivity contribution in [3.05, 3.63) is 77.9 Å². The second-order valence-electron chi connectivity index (χ2n) is 8.06. The summed E-state index contributed by atoms with van der Waals surface area (Å²) in [6, 6.07) is 21.7. The number of hydrogen-bond donors (Lipinski definition) is 1. The molecule has 0 aliphatic rings. The third-order valence-corrected chi connectivity index (χ3v) is 5.67. The smallest absolute Gasteiger partial charge is 0.286 e. The monoisotopic (exact) mass is 467 g/mol. The molecule has 0 spiro atoms. The minimum Gasteiger partial charge on any atom is -0.493 e. The van der Waals surface area contributed by atoms with Crippen LogP contribution in [0.4, 0.5) is 5.82 Å². The van der Waals surface area contributed by atoms with Gasteiger partial charge in [-0.3, -0.25) is 0 Å². The molecule has 5 rings (SSSR count). The van der Waals surface area contributed by atoms with Gasteiger partial charge in [-0.15, -0.1) is 10.2 Å². The molecule has 8 nitrogen and oxygen atoms in total. The van der Waals surface area contributed by atoms with Crippen molar-refractivity contribution in [2.24, 2.45) is 0 Å². The fourth-order valence-electron chi connectivity index (χ4n) is 3.79. The summed E-state index contributed by atoms with van der Waals surface area (Å²) >= 11 is 0. The molecule has 1 N–H and O–H groups in total. The summed E-state index contributed by atoms with van der Waals surface area (Å²) < 4.78 is 16.7. The Bertz CT molecular complexity index is 1460. The number of benzene rings is 3. The summed E-state index contributed by atoms with van der Waals surface area (Å²) in [6.07, 6.45) is 0.770. The molecule has 0 atom stereocenters. The molecule has 0 saturated carbocycles. The van der Waals surface area contributed by atoms with Crippen LogP contribution in [0, 0.1) is 6.92 Å². The molecule has 0 fully saturated rings. The molecule has 3 aromatic carbocycles. The Labute approximate surface area is 203 Å². The van der Waals surface area contributed by atoms with Crippen molar-refractivity contribution in [1.82, 2.24) is 20.2 Å². The number of nitrogens with one attached hydrogen (secondary N) is 1. The van der Waals surface area contributed by atoms with E-state index in [0.717, 1.165) is 34.0 Å². The molecule has 0 saturated heterocycles. The van der Waals surface area contributed by atoms with E-state index in [9.17, 15) is 0 Å². The van der Waals surface area contributed by atoms with Crippen molar-refractivity contribution < 1.29 is 13.9 Å². The topological polar surface area (TPSA) is 95.2 Å². The number of para-hydroxylation sites is 1. The van der Waals surface area contributed by atoms with Gasteiger partial charge in [0.25, 0.3) is 5.89 Å². The van der Waals surface area contributed by atoms with Crippen LogP contribution >= 0.6 is 0 Å². The van der Waals surface area contributed by atoms with Crippen LogP contribution in [0.5, 0.6) is 11.5 Å². The maximum atomic E-state index is 5.92. The molecule has 0 aliphatic carbocycles. The van der Waals surface area contributed by atoms with E-state index in [2.05, 4.69) is 20.5 Å². The number of rotatable bonds is 8. The number of aryl methyl sites for hydroxylation is 1. The third-order valence-electron chi connectivity index (χ3n) is 5.67. The lowest BCUT2D eigenvalue weighted by Crippen LogP contribution is -2.08. The maximum Gasteiger partial charge on any atom is 0.286 e. The highest BCUT2D eigenvalue weighted by molar-refractivity contribution is 5.90. The summed E-state index contributed by atoms with van der Waals surface area (Å²) in [4.78, 5) is 9.38. The first kappa shape index (κ1) is 22.3. The fraction of sp³-hybridized carbons (Fsp3) is 0.185. The van der Waals surface area contributed by atoms with Crippen LogP contribution in [0.1, 0.15) is 11.1 Å². The van der Waals surface area contributed by atoms with Crippen LogP contribution in [0.3, 0.4) is 0 Å². The van der Waals surface area contributed by atoms with E-state index in [0.29, 0.717) is 35.6 Å². The van der Waals surface area contributed by atoms with E-state index in [4.69, 9.17) is 18.9 Å². The van der Waals surface area contributed by atoms with Gasteiger partial charge in [-0.1, -0.05) is 35.9 Å². The third kappa shape index (κ3) is 4.77. The number of hydrogen-bond acceptors (Lipinski definition) is 8. The Balaban J connectivity index is 1.40. The molecule has 8 heteroatoms. The molecule has 5 aromatic rings. The van der Waals surface area contributed by atoms with E-state index < -0.39 is 0 Å². The molecule has 0 aliphatic heterocycles. The zero-order chi connectivity index (χ0) is 24.2. The molecule has 2 heterocycles. The van der Waals surface area contributed by atoms with E-state index >= 15 is 0 Å². The molecule has 0 radical (unpaired) electrons. The Morgan fingerprint density at radius 3 is 2.40 bits per heavy atom. The first-order valence-electron chi connectivity index (χ1n) is 11.3. The van der Waals surface area contributed by atoms with Gasteiger partial charge < -0.3 is 19.2 Å². The van der Waals surface area contributed by atoms with E-state index in [1.54, 1.807) is 14.2 Å². The first-order chi connectivity index (χ1) is 17.1. The summed E-state index contributed by atoms with van der Waals surface area (Å²) in [5, 5.41) is 12.8. The number of nitrogens with zero attached hydrogens (tertiary/aromatic N) is 4. The van der Waals surface area contributed by atoms with Crippen LogP contribution in [-0.2, 0) is 6.42 Å². The van der Waals surface area contributed by atoms with Gasteiger partial charge in [-0.05, 0) is 55.3 Å². The summed E-state index contributed by atoms with van der Waals surface area (Å²) in [7, 11) is 3.26. The zero-order valence-electron chi connectivity index (χ0n) is 19.8. The van der Waals surface area contributed by atoms with Crippen LogP contribution in [0.25, 0.3) is 34.1 Å². The minimum absolute atomic E-state index is 0.272. The average molecular weight is 468 g/mol. The minimum atomic E-state index is 0.272. The Kier molecular flexibility index (Phi) is 6.26. The summed E-state index contributed by atoms with van der Waals surface area (Å²) in [6.45, 7) is 2.69. The Hall–Kier alpha value is -4.46. The quantitative estimate of drug-likeness (QED) is 0.327. The molecule has 2 aromatic heterocycles. The lowest BCUT2D eigenvalue weighted by molar-refractivity contribution is 0.354. The number of methoxy groups -OCH3 is 2. The molecule has 0 amide bonds. The molecular weight excluding hydrogens is 442 g/mol. The SMILES string of the molecule is COc1ccc(CCNc2nc(-c3nnc(-c4ccc(C)cc4)o3)nc3ccccc23)cc1OC. The van der Waals surface area contributed by atoms with Crippen molar-refractivity contribution in [2.75, 3.05) is 26.1 Å². The van der Waals surface area contributed by atoms with E-state index in [1.165, 1.54) is 0 Å². The predicted octanol–water partition coefficient (Wildman–Crippen LogP) is 5.33. The van der Waals surface area contributed by atoms with Crippen LogP contribution in [0.2, 0.25) is 0 Å². The number of ether oxygens (including phenoxy) is 2. The van der Waals surface area contributed by atoms with Gasteiger partial charge in [0, 0.05) is 17.5 Å². The number of anilines is 1. The van der Waals surface area contributed by atoms with Gasteiger partial charge in [0.15, 0.2) is 11.5 Å². The van der Waals surface area contributed by atoms with Crippen LogP contribution in [-0.4, -0.2) is 40.9 Å². The van der Waals surface area contributed by atoms with Gasteiger partial charge in [0.2, 0.25) is 11.7 Å². The van der Waals surface area contributed by atoms with Crippen LogP contribution in [0.15, 0.2) is 71.1 Å². The summed E-state index contributed by atoms with van der Waals surface area (Å²) in [5.41, 5.74) is 3.92. The predicted molar refractivity (Wildman–Crippen MR) is 135 cm³/mol. The first-order valence-corrected chi connectivity index (χ1v) is 11.3. The van der Waals surface area contributed by atoms with Crippen LogP contribution < -0.4 is 14.8 Å². The molecule has 0 bridgehead atoms. The highest BCUT2D eigenvalue weighted by atomic mass is 16.5. The Morgan fingerprint density at radius 2 is 1.60 bits per heavy atom. The molecule has 176 valence electrons. The van der Waals surface area contributed by atoms with Crippen molar-refractivity contribution in [3.8, 4) is 34.7 Å². The zero-order valence-corrected chi connectivity index (χ0v) is 19.8. The fourth-order valence-corrected chi connectivity index (χ4v) is 3.79. The van der Waals surface area contributed by atoms with Gasteiger partial charge in [-0.25, -0.2) is 9.97 Å². The second-order valence-corrected chi connectivity index (χ2v) is 8.06. The number of fused-ring (bicyclic) bond motifs is 1. The van der Waals surface area contributed by atoms with Crippen molar-refractivity contribution in [2.45, 2.75) is 13.3 Å². The molecular formula is C27H25N5O3. The van der Waals surface area contributed by atoms with Crippen molar-refractivity contribution in [3.63, 3.8) is 0 Å². The molecule has 0 unspecified atom stereocenters. The van der Waals surface area contributed by atoms with Gasteiger partial charge in [0.05, 0.1) is 19.7 Å². The molecule has 35 heavy (non-hydrogen) atoms. The standard InChI is InChI=1S/C27H25N5O3/c1-17-8-11-19(12-9-17)26-31-32-27(35-26)25-29-21-7-5-4-6-20(21)24(30-25)28-15-14-18-10-13-22(33-2)23(16-18)34-3/h4-13,16H,14-15H2,1-3H3,(H,28,29,30). The lowest BCUT2D eigenvalue weighted by atomic mass is 10.1. The van der Waals surface area contributed by atoms with Gasteiger partial charge in [0.1, 0.15) is 5.82 Å². The number of aromatic nitrogens is 4. The van der Waals surface area contributed by atoms with Gasteiger partial charge >= 0.3 is 0 Å². The lowest BCUT2D eigenvalue weighted by Gasteiger charge is -2.11.